The van der Waals surface area contributed by atoms with Crippen molar-refractivity contribution in [3.8, 4) is 0 Å². The maximum atomic E-state index is 12.6. The molecule has 2 aromatic rings. The highest BCUT2D eigenvalue weighted by Gasteiger charge is 2.30. The summed E-state index contributed by atoms with van der Waals surface area (Å²) in [5.41, 5.74) is 4.77. The average molecular weight is 349 g/mol. The van der Waals surface area contributed by atoms with Crippen molar-refractivity contribution in [1.82, 2.24) is 0 Å². The Hall–Kier alpha value is -1.92. The quantitative estimate of drug-likeness (QED) is 0.762. The third-order valence-electron chi connectivity index (χ3n) is 2.82. The largest absolute Gasteiger partial charge is 0.416 e. The van der Waals surface area contributed by atoms with E-state index in [0.29, 0.717) is 0 Å². The van der Waals surface area contributed by atoms with Gasteiger partial charge < -0.3 is 11.1 Å². The first-order valence-corrected chi connectivity index (χ1v) is 6.68. The zero-order valence-electron chi connectivity index (χ0n) is 10.8. The van der Waals surface area contributed by atoms with Crippen molar-refractivity contribution in [3.05, 3.63) is 57.6 Å². The number of hydrogen-bond donors (Lipinski definition) is 2. The van der Waals surface area contributed by atoms with E-state index in [0.717, 1.165) is 12.1 Å². The van der Waals surface area contributed by atoms with Crippen LogP contribution in [0.5, 0.6) is 0 Å². The number of nitrogen functional groups attached to an aromatic ring is 1. The predicted molar refractivity (Wildman–Crippen MR) is 80.3 cm³/mol. The van der Waals surface area contributed by atoms with Crippen molar-refractivity contribution >= 4 is 40.5 Å². The number of hydrogen-bond acceptors (Lipinski definition) is 2. The minimum Gasteiger partial charge on any atom is -0.396 e. The molecule has 8 heteroatoms. The van der Waals surface area contributed by atoms with Gasteiger partial charge in [0.05, 0.1) is 26.9 Å². The fraction of sp³-hybridized carbons (Fsp3) is 0.0714. The van der Waals surface area contributed by atoms with E-state index in [1.807, 2.05) is 0 Å². The van der Waals surface area contributed by atoms with Crippen molar-refractivity contribution in [2.24, 2.45) is 0 Å². The average Bonchev–Trinajstić information content (AvgIpc) is 2.44. The molecule has 2 aromatic carbocycles. The molecule has 0 heterocycles. The van der Waals surface area contributed by atoms with Gasteiger partial charge >= 0.3 is 6.18 Å². The third kappa shape index (κ3) is 3.45. The van der Waals surface area contributed by atoms with E-state index in [4.69, 9.17) is 28.9 Å². The van der Waals surface area contributed by atoms with Crippen LogP contribution in [0.25, 0.3) is 0 Å². The van der Waals surface area contributed by atoms with E-state index >= 15 is 0 Å². The zero-order valence-corrected chi connectivity index (χ0v) is 12.4. The van der Waals surface area contributed by atoms with Crippen LogP contribution < -0.4 is 11.1 Å². The Kier molecular flexibility index (Phi) is 4.53. The van der Waals surface area contributed by atoms with Crippen LogP contribution in [0.3, 0.4) is 0 Å². The summed E-state index contributed by atoms with van der Waals surface area (Å²) in [6.07, 6.45) is -4.50. The van der Waals surface area contributed by atoms with Gasteiger partial charge in [0.1, 0.15) is 0 Å². The molecule has 0 fully saturated rings. The number of rotatable bonds is 2. The normalized spacial score (nSPS) is 11.3. The van der Waals surface area contributed by atoms with Crippen molar-refractivity contribution in [2.75, 3.05) is 11.1 Å². The van der Waals surface area contributed by atoms with Crippen LogP contribution >= 0.6 is 23.2 Å². The Bertz CT molecular complexity index is 733. The minimum absolute atomic E-state index is 0.00980. The fourth-order valence-electron chi connectivity index (χ4n) is 1.72. The highest BCUT2D eigenvalue weighted by Crippen LogP contribution is 2.32. The molecule has 0 aromatic heterocycles. The molecular formula is C14H9Cl2F3N2O. The van der Waals surface area contributed by atoms with Gasteiger partial charge in [0.15, 0.2) is 0 Å². The van der Waals surface area contributed by atoms with Gasteiger partial charge in [0.25, 0.3) is 5.91 Å². The molecule has 22 heavy (non-hydrogen) atoms. The maximum Gasteiger partial charge on any atom is 0.416 e. The summed E-state index contributed by atoms with van der Waals surface area (Å²) < 4.78 is 37.9. The highest BCUT2D eigenvalue weighted by molar-refractivity contribution is 6.41. The Morgan fingerprint density at radius 2 is 1.82 bits per heavy atom. The van der Waals surface area contributed by atoms with E-state index in [2.05, 4.69) is 5.32 Å². The molecular weight excluding hydrogens is 340 g/mol. The van der Waals surface area contributed by atoms with Crippen LogP contribution in [0.2, 0.25) is 10.0 Å². The molecule has 0 unspecified atom stereocenters. The number of halogens is 5. The summed E-state index contributed by atoms with van der Waals surface area (Å²) in [4.78, 5) is 12.1. The SMILES string of the molecule is Nc1c(Cl)ccc(C(=O)Nc2cccc(C(F)(F)F)c2)c1Cl. The number of amides is 1. The molecule has 0 aliphatic rings. The molecule has 3 N–H and O–H groups in total. The topological polar surface area (TPSA) is 55.1 Å². The van der Waals surface area contributed by atoms with E-state index in [1.54, 1.807) is 0 Å². The van der Waals surface area contributed by atoms with Crippen LogP contribution in [0.15, 0.2) is 36.4 Å². The molecule has 2 rings (SSSR count). The molecule has 0 saturated carbocycles. The highest BCUT2D eigenvalue weighted by atomic mass is 35.5. The Morgan fingerprint density at radius 1 is 1.14 bits per heavy atom. The van der Waals surface area contributed by atoms with Crippen molar-refractivity contribution in [1.29, 1.82) is 0 Å². The number of anilines is 2. The van der Waals surface area contributed by atoms with Gasteiger partial charge in [-0.15, -0.1) is 0 Å². The fourth-order valence-corrected chi connectivity index (χ4v) is 2.17. The second-order valence-electron chi connectivity index (χ2n) is 4.36. The summed E-state index contributed by atoms with van der Waals surface area (Å²) in [7, 11) is 0. The zero-order chi connectivity index (χ0) is 16.5. The monoisotopic (exact) mass is 348 g/mol. The number of carbonyl (C=O) groups is 1. The van der Waals surface area contributed by atoms with Crippen LogP contribution in [0, 0.1) is 0 Å². The molecule has 0 saturated heterocycles. The summed E-state index contributed by atoms with van der Waals surface area (Å²) in [6.45, 7) is 0. The van der Waals surface area contributed by atoms with Gasteiger partial charge in [-0.3, -0.25) is 4.79 Å². The lowest BCUT2D eigenvalue weighted by atomic mass is 10.1. The molecule has 1 amide bonds. The lowest BCUT2D eigenvalue weighted by molar-refractivity contribution is -0.137. The smallest absolute Gasteiger partial charge is 0.396 e. The van der Waals surface area contributed by atoms with Crippen molar-refractivity contribution in [3.63, 3.8) is 0 Å². The number of carbonyl (C=O) groups excluding carboxylic acids is 1. The first kappa shape index (κ1) is 16.5. The first-order valence-electron chi connectivity index (χ1n) is 5.92. The van der Waals surface area contributed by atoms with Crippen LogP contribution in [0.4, 0.5) is 24.5 Å². The van der Waals surface area contributed by atoms with Crippen LogP contribution in [-0.4, -0.2) is 5.91 Å². The molecule has 0 bridgehead atoms. The minimum atomic E-state index is -4.50. The lowest BCUT2D eigenvalue weighted by Crippen LogP contribution is -2.14. The Labute approximate surface area is 133 Å². The van der Waals surface area contributed by atoms with Crippen molar-refractivity contribution in [2.45, 2.75) is 6.18 Å². The molecule has 0 radical (unpaired) electrons. The van der Waals surface area contributed by atoms with Gasteiger partial charge in [-0.25, -0.2) is 0 Å². The third-order valence-corrected chi connectivity index (χ3v) is 3.56. The predicted octanol–water partition coefficient (Wildman–Crippen LogP) is 4.85. The van der Waals surface area contributed by atoms with Gasteiger partial charge in [-0.1, -0.05) is 29.3 Å². The second-order valence-corrected chi connectivity index (χ2v) is 5.14. The molecule has 0 aliphatic heterocycles. The van der Waals surface area contributed by atoms with E-state index in [-0.39, 0.29) is 27.0 Å². The maximum absolute atomic E-state index is 12.6. The number of nitrogens with two attached hydrogens (primary N) is 1. The van der Waals surface area contributed by atoms with E-state index in [9.17, 15) is 18.0 Å². The Balaban J connectivity index is 2.28. The van der Waals surface area contributed by atoms with Crippen molar-refractivity contribution < 1.29 is 18.0 Å². The standard InChI is InChI=1S/C14H9Cl2F3N2O/c15-10-5-4-9(11(16)12(10)20)13(22)21-8-3-1-2-7(6-8)14(17,18)19/h1-6H,20H2,(H,21,22). The van der Waals surface area contributed by atoms with Gasteiger partial charge in [-0.05, 0) is 30.3 Å². The molecule has 0 aliphatic carbocycles. The van der Waals surface area contributed by atoms with Crippen LogP contribution in [-0.2, 0) is 6.18 Å². The van der Waals surface area contributed by atoms with Gasteiger partial charge in [-0.2, -0.15) is 13.2 Å². The summed E-state index contributed by atoms with van der Waals surface area (Å²) in [6, 6.07) is 6.97. The van der Waals surface area contributed by atoms with Gasteiger partial charge in [0, 0.05) is 5.69 Å². The van der Waals surface area contributed by atoms with Crippen LogP contribution in [0.1, 0.15) is 15.9 Å². The summed E-state index contributed by atoms with van der Waals surface area (Å²) in [5.74, 6) is -0.687. The van der Waals surface area contributed by atoms with E-state index in [1.165, 1.54) is 24.3 Å². The lowest BCUT2D eigenvalue weighted by Gasteiger charge is -2.11. The summed E-state index contributed by atoms with van der Waals surface area (Å²) >= 11 is 11.7. The first-order chi connectivity index (χ1) is 10.2. The van der Waals surface area contributed by atoms with Gasteiger partial charge in [0.2, 0.25) is 0 Å². The van der Waals surface area contributed by atoms with E-state index < -0.39 is 17.6 Å². The summed E-state index contributed by atoms with van der Waals surface area (Å²) in [5, 5.41) is 2.46. The molecule has 0 atom stereocenters. The number of benzene rings is 2. The molecule has 3 nitrogen and oxygen atoms in total. The molecule has 0 spiro atoms. The number of alkyl halides is 3. The number of nitrogens with one attached hydrogen (secondary N) is 1. The second kappa shape index (κ2) is 6.06. The Morgan fingerprint density at radius 3 is 2.45 bits per heavy atom. The molecule has 116 valence electrons.